The number of carbonyl (C=O) groups excluding carboxylic acids is 2. The molecule has 144 valence electrons. The molecule has 1 fully saturated rings. The molecule has 8 heteroatoms. The van der Waals surface area contributed by atoms with Crippen molar-refractivity contribution in [1.29, 1.82) is 0 Å². The van der Waals surface area contributed by atoms with Crippen LogP contribution in [0.4, 0.5) is 0 Å². The normalized spacial score (nSPS) is 21.4. The van der Waals surface area contributed by atoms with Gasteiger partial charge in [-0.05, 0) is 44.4 Å². The van der Waals surface area contributed by atoms with Crippen molar-refractivity contribution < 1.29 is 24.2 Å². The van der Waals surface area contributed by atoms with Crippen LogP contribution in [0.3, 0.4) is 0 Å². The van der Waals surface area contributed by atoms with Crippen molar-refractivity contribution in [3.8, 4) is 5.75 Å². The average molecular weight is 373 g/mol. The summed E-state index contributed by atoms with van der Waals surface area (Å²) >= 11 is 0. The lowest BCUT2D eigenvalue weighted by molar-refractivity contribution is -0.158. The number of hydrogen-bond acceptors (Lipinski definition) is 7. The molecule has 1 aromatic heterocycles. The first-order valence-corrected chi connectivity index (χ1v) is 8.84. The highest BCUT2D eigenvalue weighted by molar-refractivity contribution is 5.97. The summed E-state index contributed by atoms with van der Waals surface area (Å²) in [6.45, 7) is 3.70. The van der Waals surface area contributed by atoms with Crippen molar-refractivity contribution in [1.82, 2.24) is 15.0 Å². The second kappa shape index (κ2) is 7.48. The van der Waals surface area contributed by atoms with Crippen LogP contribution < -0.4 is 4.74 Å². The van der Waals surface area contributed by atoms with E-state index >= 15 is 0 Å². The maximum absolute atomic E-state index is 12.8. The van der Waals surface area contributed by atoms with Crippen LogP contribution in [0.15, 0.2) is 24.3 Å². The first-order valence-electron chi connectivity index (χ1n) is 8.84. The number of aryl methyl sites for hydroxylation is 2. The number of aliphatic hydroxyl groups is 1. The smallest absolute Gasteiger partial charge is 0.317 e. The largest absolute Gasteiger partial charge is 0.497 e. The molecular formula is C19H23N3O5. The zero-order chi connectivity index (χ0) is 19.6. The van der Waals surface area contributed by atoms with Gasteiger partial charge in [0.1, 0.15) is 5.75 Å². The fourth-order valence-corrected chi connectivity index (χ4v) is 3.34. The van der Waals surface area contributed by atoms with Crippen molar-refractivity contribution in [3.05, 3.63) is 41.2 Å². The molecule has 0 saturated heterocycles. The molecule has 1 aliphatic carbocycles. The number of benzene rings is 1. The lowest BCUT2D eigenvalue weighted by Gasteiger charge is -2.43. The molecule has 0 atom stereocenters. The van der Waals surface area contributed by atoms with E-state index in [4.69, 9.17) is 9.47 Å². The van der Waals surface area contributed by atoms with Gasteiger partial charge in [-0.2, -0.15) is 9.90 Å². The second-order valence-corrected chi connectivity index (χ2v) is 6.69. The number of aliphatic hydroxyl groups excluding tert-OH is 1. The van der Waals surface area contributed by atoms with E-state index in [1.54, 1.807) is 38.3 Å². The Morgan fingerprint density at radius 3 is 2.44 bits per heavy atom. The van der Waals surface area contributed by atoms with E-state index in [2.05, 4.69) is 10.2 Å². The maximum Gasteiger partial charge on any atom is 0.317 e. The van der Waals surface area contributed by atoms with Gasteiger partial charge in [0.05, 0.1) is 30.9 Å². The van der Waals surface area contributed by atoms with Gasteiger partial charge < -0.3 is 14.6 Å². The molecule has 1 heterocycles. The third-order valence-electron chi connectivity index (χ3n) is 4.91. The monoisotopic (exact) mass is 373 g/mol. The molecule has 1 aliphatic rings. The summed E-state index contributed by atoms with van der Waals surface area (Å²) in [5.41, 5.74) is 0.500. The number of Topliss-reactive ketones (excluding diaryl/α,β-unsaturated/α-hetero) is 1. The molecule has 8 nitrogen and oxygen atoms in total. The lowest BCUT2D eigenvalue weighted by atomic mass is 9.62. The van der Waals surface area contributed by atoms with Crippen molar-refractivity contribution in [2.45, 2.75) is 44.8 Å². The molecule has 27 heavy (non-hydrogen) atoms. The number of carbonyl (C=O) groups is 2. The second-order valence-electron chi connectivity index (χ2n) is 6.69. The molecule has 0 aliphatic heterocycles. The molecule has 2 aromatic rings. The maximum atomic E-state index is 12.8. The van der Waals surface area contributed by atoms with Gasteiger partial charge in [0, 0.05) is 0 Å². The van der Waals surface area contributed by atoms with E-state index in [1.165, 1.54) is 4.80 Å². The van der Waals surface area contributed by atoms with E-state index in [9.17, 15) is 14.7 Å². The molecule has 1 N–H and O–H groups in total. The molecule has 1 saturated carbocycles. The minimum absolute atomic E-state index is 0.205. The highest BCUT2D eigenvalue weighted by Crippen LogP contribution is 2.45. The van der Waals surface area contributed by atoms with E-state index in [0.717, 1.165) is 5.56 Å². The molecule has 0 amide bonds. The highest BCUT2D eigenvalue weighted by atomic mass is 16.5. The third kappa shape index (κ3) is 3.57. The zero-order valence-corrected chi connectivity index (χ0v) is 15.6. The topological polar surface area (TPSA) is 104 Å². The number of aromatic nitrogens is 3. The summed E-state index contributed by atoms with van der Waals surface area (Å²) in [6, 6.07) is 7.08. The van der Waals surface area contributed by atoms with Crippen LogP contribution in [0.2, 0.25) is 0 Å². The minimum Gasteiger partial charge on any atom is -0.497 e. The van der Waals surface area contributed by atoms with Crippen molar-refractivity contribution >= 4 is 11.8 Å². The summed E-state index contributed by atoms with van der Waals surface area (Å²) in [7, 11) is 1.56. The van der Waals surface area contributed by atoms with E-state index in [0.29, 0.717) is 18.0 Å². The molecule has 1 aromatic carbocycles. The zero-order valence-electron chi connectivity index (χ0n) is 15.6. The number of hydrogen-bond donors (Lipinski definition) is 1. The standard InChI is InChI=1S/C19H23N3O5/c1-4-22-20-12(2)17(21-22)16(24)11-27-18(25)19(9-14(23)10-19)13-5-7-15(26-3)8-6-13/h5-8,14,23H,4,9-11H2,1-3H3. The van der Waals surface area contributed by atoms with Crippen LogP contribution in [-0.2, 0) is 21.5 Å². The first kappa shape index (κ1) is 19.0. The molecule has 0 bridgehead atoms. The summed E-state index contributed by atoms with van der Waals surface area (Å²) in [5, 5.41) is 18.0. The summed E-state index contributed by atoms with van der Waals surface area (Å²) in [5.74, 6) is -0.246. The van der Waals surface area contributed by atoms with Crippen LogP contribution in [0, 0.1) is 6.92 Å². The van der Waals surface area contributed by atoms with Crippen molar-refractivity contribution in [3.63, 3.8) is 0 Å². The first-order chi connectivity index (χ1) is 12.9. The molecular weight excluding hydrogens is 350 g/mol. The average Bonchev–Trinajstić information content (AvgIpc) is 3.04. The van der Waals surface area contributed by atoms with Crippen LogP contribution in [0.5, 0.6) is 5.75 Å². The molecule has 3 rings (SSSR count). The van der Waals surface area contributed by atoms with Crippen LogP contribution in [-0.4, -0.2) is 51.7 Å². The summed E-state index contributed by atoms with van der Waals surface area (Å²) < 4.78 is 10.5. The molecule has 0 radical (unpaired) electrons. The summed E-state index contributed by atoms with van der Waals surface area (Å²) in [6.07, 6.45) is -0.0449. The molecule has 0 spiro atoms. The number of nitrogens with zero attached hydrogens (tertiary/aromatic N) is 3. The van der Waals surface area contributed by atoms with Crippen molar-refractivity contribution in [2.24, 2.45) is 0 Å². The fraction of sp³-hybridized carbons (Fsp3) is 0.474. The van der Waals surface area contributed by atoms with Crippen LogP contribution >= 0.6 is 0 Å². The Kier molecular flexibility index (Phi) is 5.27. The van der Waals surface area contributed by atoms with Gasteiger partial charge in [0.2, 0.25) is 5.78 Å². The van der Waals surface area contributed by atoms with Gasteiger partial charge in [-0.3, -0.25) is 9.59 Å². The Morgan fingerprint density at radius 1 is 1.26 bits per heavy atom. The van der Waals surface area contributed by atoms with Crippen molar-refractivity contribution in [2.75, 3.05) is 13.7 Å². The Hall–Kier alpha value is -2.74. The number of ketones is 1. The van der Waals surface area contributed by atoms with Gasteiger partial charge >= 0.3 is 5.97 Å². The Labute approximate surface area is 157 Å². The third-order valence-corrected chi connectivity index (χ3v) is 4.91. The number of rotatable bonds is 7. The SMILES string of the molecule is CCn1nc(C)c(C(=O)COC(=O)C2(c3ccc(OC)cc3)CC(O)C2)n1. The van der Waals surface area contributed by atoms with Gasteiger partial charge in [0.15, 0.2) is 12.3 Å². The van der Waals surface area contributed by atoms with E-state index < -0.39 is 29.9 Å². The van der Waals surface area contributed by atoms with Crippen LogP contribution in [0.1, 0.15) is 41.5 Å². The quantitative estimate of drug-likeness (QED) is 0.578. The minimum atomic E-state index is -0.942. The van der Waals surface area contributed by atoms with Gasteiger partial charge in [-0.25, -0.2) is 0 Å². The predicted octanol–water partition coefficient (Wildman–Crippen LogP) is 1.43. The number of ether oxygens (including phenoxy) is 2. The summed E-state index contributed by atoms with van der Waals surface area (Å²) in [4.78, 5) is 26.6. The Balaban J connectivity index is 1.72. The predicted molar refractivity (Wildman–Crippen MR) is 95.6 cm³/mol. The van der Waals surface area contributed by atoms with Gasteiger partial charge in [-0.15, -0.1) is 5.10 Å². The number of esters is 1. The fourth-order valence-electron chi connectivity index (χ4n) is 3.34. The Bertz CT molecular complexity index is 838. The van der Waals surface area contributed by atoms with Gasteiger partial charge in [0.25, 0.3) is 0 Å². The van der Waals surface area contributed by atoms with Crippen LogP contribution in [0.25, 0.3) is 0 Å². The Morgan fingerprint density at radius 2 is 1.93 bits per heavy atom. The van der Waals surface area contributed by atoms with Gasteiger partial charge in [-0.1, -0.05) is 12.1 Å². The lowest BCUT2D eigenvalue weighted by Crippen LogP contribution is -2.51. The number of methoxy groups -OCH3 is 1. The van der Waals surface area contributed by atoms with E-state index in [-0.39, 0.29) is 18.5 Å². The molecule has 0 unspecified atom stereocenters. The highest BCUT2D eigenvalue weighted by Gasteiger charge is 2.52. The van der Waals surface area contributed by atoms with E-state index in [1.807, 2.05) is 6.92 Å².